The number of rotatable bonds is 6. The van der Waals surface area contributed by atoms with Crippen LogP contribution in [0.25, 0.3) is 0 Å². The summed E-state index contributed by atoms with van der Waals surface area (Å²) in [4.78, 5) is 49.3. The zero-order chi connectivity index (χ0) is 21.8. The Morgan fingerprint density at radius 2 is 1.83 bits per heavy atom. The molecule has 30 heavy (non-hydrogen) atoms. The molecule has 1 atom stereocenters. The van der Waals surface area contributed by atoms with Crippen molar-refractivity contribution in [1.29, 1.82) is 0 Å². The van der Waals surface area contributed by atoms with Crippen LogP contribution in [0.1, 0.15) is 23.7 Å². The minimum Gasteiger partial charge on any atom is -0.455 e. The minimum absolute atomic E-state index is 0.0458. The molecule has 1 aliphatic heterocycles. The molecule has 156 valence electrons. The van der Waals surface area contributed by atoms with E-state index in [-0.39, 0.29) is 24.7 Å². The zero-order valence-corrected chi connectivity index (χ0v) is 17.5. The Hall–Kier alpha value is -2.90. The second kappa shape index (κ2) is 9.28. The quantitative estimate of drug-likeness (QED) is 0.536. The first kappa shape index (κ1) is 21.8. The highest BCUT2D eigenvalue weighted by atomic mass is 35.5. The highest BCUT2D eigenvalue weighted by Crippen LogP contribution is 2.33. The van der Waals surface area contributed by atoms with E-state index in [0.717, 1.165) is 0 Å². The molecule has 0 aromatic heterocycles. The smallest absolute Gasteiger partial charge is 0.311 e. The van der Waals surface area contributed by atoms with Crippen LogP contribution in [-0.2, 0) is 19.1 Å². The molecule has 9 heteroatoms. The molecule has 1 fully saturated rings. The first-order valence-corrected chi connectivity index (χ1v) is 9.83. The van der Waals surface area contributed by atoms with Gasteiger partial charge in [-0.3, -0.25) is 19.2 Å². The number of carbonyl (C=O) groups is 4. The molecule has 1 N–H and O–H groups in total. The maximum Gasteiger partial charge on any atom is 0.311 e. The molecule has 3 rings (SSSR count). The average molecular weight is 449 g/mol. The van der Waals surface area contributed by atoms with E-state index in [1.165, 1.54) is 11.8 Å². The van der Waals surface area contributed by atoms with Gasteiger partial charge < -0.3 is 15.0 Å². The number of benzene rings is 2. The second-order valence-electron chi connectivity index (χ2n) is 6.79. The average Bonchev–Trinajstić information content (AvgIpc) is 3.10. The van der Waals surface area contributed by atoms with E-state index in [9.17, 15) is 19.2 Å². The van der Waals surface area contributed by atoms with E-state index in [0.29, 0.717) is 27.0 Å². The van der Waals surface area contributed by atoms with E-state index in [1.54, 1.807) is 42.5 Å². The number of hydrogen-bond acceptors (Lipinski definition) is 5. The van der Waals surface area contributed by atoms with E-state index in [2.05, 4.69) is 5.32 Å². The van der Waals surface area contributed by atoms with Crippen LogP contribution in [-0.4, -0.2) is 36.7 Å². The fraction of sp³-hybridized carbons (Fsp3) is 0.238. The molecule has 0 radical (unpaired) electrons. The van der Waals surface area contributed by atoms with Gasteiger partial charge >= 0.3 is 5.97 Å². The maximum atomic E-state index is 12.3. The third kappa shape index (κ3) is 5.17. The van der Waals surface area contributed by atoms with Gasteiger partial charge in [0.05, 0.1) is 16.6 Å². The van der Waals surface area contributed by atoms with Gasteiger partial charge in [-0.15, -0.1) is 0 Å². The van der Waals surface area contributed by atoms with Crippen molar-refractivity contribution in [2.75, 3.05) is 23.4 Å². The Morgan fingerprint density at radius 3 is 2.50 bits per heavy atom. The van der Waals surface area contributed by atoms with Crippen molar-refractivity contribution < 1.29 is 23.9 Å². The summed E-state index contributed by atoms with van der Waals surface area (Å²) in [6, 6.07) is 11.1. The third-order valence-corrected chi connectivity index (χ3v) is 5.13. The largest absolute Gasteiger partial charge is 0.455 e. The number of esters is 1. The van der Waals surface area contributed by atoms with Gasteiger partial charge in [-0.25, -0.2) is 0 Å². The number of halogens is 2. The Bertz CT molecular complexity index is 1010. The Kier molecular flexibility index (Phi) is 6.74. The fourth-order valence-corrected chi connectivity index (χ4v) is 3.42. The van der Waals surface area contributed by atoms with E-state index >= 15 is 0 Å². The Balaban J connectivity index is 1.53. The summed E-state index contributed by atoms with van der Waals surface area (Å²) in [7, 11) is 0. The van der Waals surface area contributed by atoms with Crippen LogP contribution in [0.2, 0.25) is 10.0 Å². The molecule has 0 bridgehead atoms. The van der Waals surface area contributed by atoms with Crippen molar-refractivity contribution in [2.24, 2.45) is 5.92 Å². The number of ether oxygens (including phenoxy) is 1. The Morgan fingerprint density at radius 1 is 1.13 bits per heavy atom. The van der Waals surface area contributed by atoms with Crippen molar-refractivity contribution >= 4 is 58.1 Å². The van der Waals surface area contributed by atoms with Crippen molar-refractivity contribution in [2.45, 2.75) is 13.3 Å². The fourth-order valence-electron chi connectivity index (χ4n) is 3.03. The number of Topliss-reactive ketones (excluding diaryl/α,β-unsaturated/α-hetero) is 1. The zero-order valence-electron chi connectivity index (χ0n) is 16.0. The molecule has 7 nitrogen and oxygen atoms in total. The molecule has 1 heterocycles. The number of carbonyl (C=O) groups excluding carboxylic acids is 4. The number of amides is 2. The molecular formula is C21H18Cl2N2O5. The summed E-state index contributed by atoms with van der Waals surface area (Å²) in [5.74, 6) is -2.25. The number of nitrogens with zero attached hydrogens (tertiary/aromatic N) is 1. The summed E-state index contributed by atoms with van der Waals surface area (Å²) < 4.78 is 5.07. The third-order valence-electron chi connectivity index (χ3n) is 4.58. The highest BCUT2D eigenvalue weighted by molar-refractivity contribution is 6.35. The van der Waals surface area contributed by atoms with Crippen LogP contribution in [0.3, 0.4) is 0 Å². The molecular weight excluding hydrogens is 431 g/mol. The summed E-state index contributed by atoms with van der Waals surface area (Å²) in [5, 5.41) is 3.34. The molecule has 2 aromatic carbocycles. The van der Waals surface area contributed by atoms with Crippen molar-refractivity contribution in [3.05, 3.63) is 58.1 Å². The van der Waals surface area contributed by atoms with Crippen LogP contribution in [0.15, 0.2) is 42.5 Å². The van der Waals surface area contributed by atoms with Gasteiger partial charge in [0.1, 0.15) is 0 Å². The van der Waals surface area contributed by atoms with Gasteiger partial charge in [0.15, 0.2) is 12.4 Å². The van der Waals surface area contributed by atoms with Gasteiger partial charge in [-0.1, -0.05) is 23.2 Å². The number of hydrogen-bond donors (Lipinski definition) is 1. The minimum atomic E-state index is -0.713. The van der Waals surface area contributed by atoms with Crippen LogP contribution in [0.4, 0.5) is 11.4 Å². The molecule has 0 unspecified atom stereocenters. The maximum absolute atomic E-state index is 12.3. The molecule has 0 aliphatic carbocycles. The van der Waals surface area contributed by atoms with Crippen LogP contribution >= 0.6 is 23.2 Å². The predicted octanol–water partition coefficient (Wildman–Crippen LogP) is 3.73. The molecule has 2 amide bonds. The van der Waals surface area contributed by atoms with Crippen LogP contribution in [0.5, 0.6) is 0 Å². The van der Waals surface area contributed by atoms with Gasteiger partial charge in [0.25, 0.3) is 5.91 Å². The lowest BCUT2D eigenvalue weighted by Crippen LogP contribution is -2.28. The first-order valence-electron chi connectivity index (χ1n) is 9.07. The number of nitrogens with one attached hydrogen (secondary N) is 1. The standard InChI is InChI=1S/C21H18Cl2N2O5/c1-12(26)13-2-5-16(6-3-13)24-19(27)11-30-21(29)14-8-20(28)25(10-14)18-9-15(22)4-7-17(18)23/h2-7,9,14H,8,10-11H2,1H3,(H,24,27)/t14-/m1/s1. The van der Waals surface area contributed by atoms with Gasteiger partial charge in [-0.2, -0.15) is 0 Å². The monoisotopic (exact) mass is 448 g/mol. The van der Waals surface area contributed by atoms with E-state index in [4.69, 9.17) is 27.9 Å². The molecule has 1 saturated heterocycles. The molecule has 0 spiro atoms. The van der Waals surface area contributed by atoms with Crippen molar-refractivity contribution in [3.8, 4) is 0 Å². The second-order valence-corrected chi connectivity index (χ2v) is 7.63. The van der Waals surface area contributed by atoms with Gasteiger partial charge in [0.2, 0.25) is 5.91 Å². The van der Waals surface area contributed by atoms with Crippen LogP contribution in [0, 0.1) is 5.92 Å². The van der Waals surface area contributed by atoms with Crippen LogP contribution < -0.4 is 10.2 Å². The Labute approximate surface area is 182 Å². The summed E-state index contributed by atoms with van der Waals surface area (Å²) in [5.41, 5.74) is 1.42. The van der Waals surface area contributed by atoms with Gasteiger partial charge in [-0.05, 0) is 49.4 Å². The predicted molar refractivity (Wildman–Crippen MR) is 113 cm³/mol. The first-order chi connectivity index (χ1) is 14.2. The van der Waals surface area contributed by atoms with E-state index < -0.39 is 24.4 Å². The molecule has 2 aromatic rings. The SMILES string of the molecule is CC(=O)c1ccc(NC(=O)COC(=O)[C@@H]2CC(=O)N(c3cc(Cl)ccc3Cl)C2)cc1. The topological polar surface area (TPSA) is 92.8 Å². The normalized spacial score (nSPS) is 15.8. The molecule has 0 saturated carbocycles. The van der Waals surface area contributed by atoms with Crippen molar-refractivity contribution in [3.63, 3.8) is 0 Å². The highest BCUT2D eigenvalue weighted by Gasteiger charge is 2.37. The lowest BCUT2D eigenvalue weighted by atomic mass is 10.1. The van der Waals surface area contributed by atoms with E-state index in [1.807, 2.05) is 0 Å². The summed E-state index contributed by atoms with van der Waals surface area (Å²) >= 11 is 12.1. The van der Waals surface area contributed by atoms with Crippen molar-refractivity contribution in [1.82, 2.24) is 0 Å². The lowest BCUT2D eigenvalue weighted by Gasteiger charge is -2.18. The van der Waals surface area contributed by atoms with Gasteiger partial charge in [0, 0.05) is 29.2 Å². The number of anilines is 2. The molecule has 1 aliphatic rings. The summed E-state index contributed by atoms with van der Waals surface area (Å²) in [6.45, 7) is 1.05. The lowest BCUT2D eigenvalue weighted by molar-refractivity contribution is -0.151. The summed E-state index contributed by atoms with van der Waals surface area (Å²) in [6.07, 6.45) is -0.0458. The number of ketones is 1.